The fourth-order valence-electron chi connectivity index (χ4n) is 2.35. The van der Waals surface area contributed by atoms with Crippen molar-refractivity contribution in [1.82, 2.24) is 9.97 Å². The lowest BCUT2D eigenvalue weighted by Gasteiger charge is -2.23. The van der Waals surface area contributed by atoms with Crippen LogP contribution in [0.2, 0.25) is 0 Å². The Morgan fingerprint density at radius 2 is 1.56 bits per heavy atom. The number of hydrogen-bond acceptors (Lipinski definition) is 8. The zero-order valence-electron chi connectivity index (χ0n) is 15.1. The predicted octanol–water partition coefficient (Wildman–Crippen LogP) is -0.210. The molecule has 0 spiro atoms. The summed E-state index contributed by atoms with van der Waals surface area (Å²) in [6.07, 6.45) is 3.15. The lowest BCUT2D eigenvalue weighted by Crippen LogP contribution is -2.28. The normalized spacial score (nSPS) is 16.5. The Morgan fingerprint density at radius 1 is 1.04 bits per heavy atom. The fraction of sp³-hybridized carbons (Fsp3) is 0.643. The molecule has 0 radical (unpaired) electrons. The molecule has 0 fully saturated rings. The third-order valence-corrected chi connectivity index (χ3v) is 5.14. The van der Waals surface area contributed by atoms with Gasteiger partial charge in [-0.3, -0.25) is 4.79 Å². The van der Waals surface area contributed by atoms with E-state index in [0.29, 0.717) is 24.8 Å². The van der Waals surface area contributed by atoms with Crippen LogP contribution in [-0.2, 0) is 30.9 Å². The van der Waals surface area contributed by atoms with Crippen molar-refractivity contribution in [3.05, 3.63) is 11.3 Å². The second kappa shape index (κ2) is 9.20. The summed E-state index contributed by atoms with van der Waals surface area (Å²) >= 11 is 0. The number of aromatic nitrogens is 2. The van der Waals surface area contributed by atoms with Gasteiger partial charge in [0.15, 0.2) is 14.9 Å². The number of amides is 1. The third-order valence-electron chi connectivity index (χ3n) is 3.26. The maximum absolute atomic E-state index is 11.9. The van der Waals surface area contributed by atoms with Crippen molar-refractivity contribution < 1.29 is 21.6 Å². The van der Waals surface area contributed by atoms with Gasteiger partial charge in [0.05, 0.1) is 11.6 Å². The van der Waals surface area contributed by atoms with E-state index in [2.05, 4.69) is 15.7 Å². The summed E-state index contributed by atoms with van der Waals surface area (Å²) in [5, 5.41) is -0.936. The minimum Gasteiger partial charge on any atom is -0.369 e. The predicted molar refractivity (Wildman–Crippen MR) is 94.6 cm³/mol. The molecule has 1 aromatic heterocycles. The number of sulfone groups is 2. The first-order chi connectivity index (χ1) is 11.5. The molecule has 1 aromatic rings. The maximum atomic E-state index is 11.9. The Bertz CT molecular complexity index is 820. The lowest BCUT2D eigenvalue weighted by molar-refractivity contribution is -0.119. The molecule has 0 bridgehead atoms. The van der Waals surface area contributed by atoms with Crippen molar-refractivity contribution in [2.75, 3.05) is 19.6 Å². The quantitative estimate of drug-likeness (QED) is 0.525. The van der Waals surface area contributed by atoms with Crippen molar-refractivity contribution >= 4 is 25.6 Å². The van der Waals surface area contributed by atoms with Gasteiger partial charge in [-0.15, -0.1) is 0 Å². The van der Waals surface area contributed by atoms with Gasteiger partial charge in [0.1, 0.15) is 0 Å². The van der Waals surface area contributed by atoms with Crippen LogP contribution in [0.5, 0.6) is 0 Å². The molecule has 144 valence electrons. The summed E-state index contributed by atoms with van der Waals surface area (Å²) in [6.45, 7) is 4.00. The van der Waals surface area contributed by atoms with Crippen molar-refractivity contribution in [2.24, 2.45) is 11.5 Å². The van der Waals surface area contributed by atoms with Crippen LogP contribution in [0.3, 0.4) is 0 Å². The summed E-state index contributed by atoms with van der Waals surface area (Å²) in [7, 11) is -6.05. The highest BCUT2D eigenvalue weighted by Crippen LogP contribution is 2.33. The topological polar surface area (TPSA) is 163 Å². The van der Waals surface area contributed by atoms with Gasteiger partial charge < -0.3 is 11.5 Å². The number of nitrogens with zero attached hydrogens (tertiary/aromatic N) is 2. The third kappa shape index (κ3) is 5.72. The van der Waals surface area contributed by atoms with Gasteiger partial charge in [0, 0.05) is 18.1 Å². The largest absolute Gasteiger partial charge is 0.369 e. The van der Waals surface area contributed by atoms with Crippen molar-refractivity contribution in [2.45, 2.75) is 49.2 Å². The number of hydrogen-bond donors (Lipinski definition) is 2. The molecule has 0 saturated heterocycles. The molecule has 1 unspecified atom stereocenters. The molecule has 0 aliphatic heterocycles. The molecule has 1 aliphatic carbocycles. The Labute approximate surface area is 149 Å². The maximum Gasteiger partial charge on any atom is 0.248 e. The van der Waals surface area contributed by atoms with Gasteiger partial charge in [0.2, 0.25) is 20.9 Å². The monoisotopic (exact) mass is 394 g/mol. The smallest absolute Gasteiger partial charge is 0.248 e. The van der Waals surface area contributed by atoms with Crippen LogP contribution in [0.4, 0.5) is 0 Å². The second-order valence-electron chi connectivity index (χ2n) is 5.07. The summed E-state index contributed by atoms with van der Waals surface area (Å²) in [5.41, 5.74) is 10.2. The molecular formula is C14H26N4O5S2. The van der Waals surface area contributed by atoms with E-state index < -0.39 is 36.7 Å². The van der Waals surface area contributed by atoms with Crippen LogP contribution in [-0.4, -0.2) is 52.3 Å². The van der Waals surface area contributed by atoms with E-state index in [4.69, 9.17) is 5.73 Å². The molecule has 11 heteroatoms. The van der Waals surface area contributed by atoms with Gasteiger partial charge in [-0.05, 0) is 26.3 Å². The van der Waals surface area contributed by atoms with Crippen LogP contribution in [0.25, 0.3) is 0 Å². The number of nitrogens with two attached hydrogens (primary N) is 2. The zero-order valence-corrected chi connectivity index (χ0v) is 16.7. The first-order valence-corrected chi connectivity index (χ1v) is 11.5. The second-order valence-corrected chi connectivity index (χ2v) is 8.91. The van der Waals surface area contributed by atoms with Gasteiger partial charge in [-0.2, -0.15) is 0 Å². The van der Waals surface area contributed by atoms with Gasteiger partial charge in [0.25, 0.3) is 0 Å². The van der Waals surface area contributed by atoms with Crippen LogP contribution >= 0.6 is 0 Å². The van der Waals surface area contributed by atoms with E-state index >= 15 is 0 Å². The molecule has 4 N–H and O–H groups in total. The fourth-order valence-corrected chi connectivity index (χ4v) is 3.84. The number of carbonyl (C=O) groups is 1. The minimum atomic E-state index is -3.81. The summed E-state index contributed by atoms with van der Waals surface area (Å²) in [5.74, 6) is -1.45. The van der Waals surface area contributed by atoms with E-state index in [1.54, 1.807) is 0 Å². The molecule has 1 amide bonds. The van der Waals surface area contributed by atoms with Crippen molar-refractivity contribution in [3.8, 4) is 0 Å². The molecule has 1 aliphatic rings. The van der Waals surface area contributed by atoms with E-state index in [1.165, 1.54) is 7.05 Å². The average molecular weight is 395 g/mol. The highest BCUT2D eigenvalue weighted by Gasteiger charge is 2.33. The van der Waals surface area contributed by atoms with Crippen LogP contribution in [0.15, 0.2) is 10.2 Å². The van der Waals surface area contributed by atoms with Gasteiger partial charge >= 0.3 is 0 Å². The van der Waals surface area contributed by atoms with Gasteiger partial charge in [-0.1, -0.05) is 13.8 Å². The Balaban J connectivity index is 0.00000134. The molecule has 9 nitrogen and oxygen atoms in total. The van der Waals surface area contributed by atoms with Crippen molar-refractivity contribution in [1.29, 1.82) is 0 Å². The highest BCUT2D eigenvalue weighted by atomic mass is 32.2. The molecule has 1 heterocycles. The number of fused-ring (bicyclic) bond motifs is 1. The minimum absolute atomic E-state index is 0.115. The molecule has 2 rings (SSSR count). The Kier molecular flexibility index (Phi) is 8.62. The first kappa shape index (κ1) is 23.4. The van der Waals surface area contributed by atoms with Crippen LogP contribution < -0.4 is 11.5 Å². The summed E-state index contributed by atoms with van der Waals surface area (Å²) in [4.78, 5) is 19.1. The molecule has 25 heavy (non-hydrogen) atoms. The average Bonchev–Trinajstić information content (AvgIpc) is 2.55. The van der Waals surface area contributed by atoms with Crippen LogP contribution in [0.1, 0.15) is 43.9 Å². The highest BCUT2D eigenvalue weighted by molar-refractivity contribution is 7.91. The molecule has 0 aromatic carbocycles. The van der Waals surface area contributed by atoms with E-state index in [0.717, 1.165) is 12.5 Å². The number of primary amides is 1. The van der Waals surface area contributed by atoms with E-state index in [9.17, 15) is 21.6 Å². The Morgan fingerprint density at radius 3 is 1.96 bits per heavy atom. The summed E-state index contributed by atoms with van der Waals surface area (Å²) < 4.78 is 47.0. The molecular weight excluding hydrogens is 368 g/mol. The van der Waals surface area contributed by atoms with Gasteiger partial charge in [-0.25, -0.2) is 26.8 Å². The zero-order chi connectivity index (χ0) is 20.0. The van der Waals surface area contributed by atoms with E-state index in [1.807, 2.05) is 13.8 Å². The molecule has 0 saturated carbocycles. The standard InChI is InChI=1S/C11H15N3O5S2.C2H6.CH5N/c1-20(16,17)10-7-5-3-4-6(9(12)15)8(7)13-11(14-10)21(2,18)19;2*1-2/h6H,3-5H2,1-2H3,(H2,12,15);1-2H3;2H2,1H3. The van der Waals surface area contributed by atoms with Crippen molar-refractivity contribution in [3.63, 3.8) is 0 Å². The summed E-state index contributed by atoms with van der Waals surface area (Å²) in [6, 6.07) is 0. The molecule has 1 atom stereocenters. The van der Waals surface area contributed by atoms with Crippen LogP contribution in [0, 0.1) is 0 Å². The van der Waals surface area contributed by atoms with E-state index in [-0.39, 0.29) is 10.7 Å². The number of carbonyl (C=O) groups excluding carboxylic acids is 1. The lowest BCUT2D eigenvalue weighted by atomic mass is 9.87. The Hall–Kier alpha value is -1.59. The number of rotatable bonds is 3. The SMILES string of the molecule is CC.CN.CS(=O)(=O)c1nc2c(c(S(C)(=O)=O)n1)CCCC2C(N)=O. The first-order valence-electron chi connectivity index (χ1n) is 7.70.